The molecule has 1 atom stereocenters. The molecule has 0 spiro atoms. The number of allylic oxidation sites excluding steroid dienone is 2. The van der Waals surface area contributed by atoms with Crippen LogP contribution >= 0.6 is 23.2 Å². The highest BCUT2D eigenvalue weighted by molar-refractivity contribution is 6.35. The van der Waals surface area contributed by atoms with Gasteiger partial charge in [0.2, 0.25) is 5.88 Å². The molecule has 1 aliphatic heterocycles. The molecule has 3 N–H and O–H groups in total. The molecule has 7 heteroatoms. The van der Waals surface area contributed by atoms with E-state index in [1.807, 2.05) is 54.6 Å². The fraction of sp³-hybridized carbons (Fsp3) is 0.0370. The number of nitriles is 2. The van der Waals surface area contributed by atoms with Crippen molar-refractivity contribution in [2.45, 2.75) is 5.92 Å². The van der Waals surface area contributed by atoms with E-state index in [1.165, 1.54) is 0 Å². The summed E-state index contributed by atoms with van der Waals surface area (Å²) in [5, 5.41) is 21.9. The minimum absolute atomic E-state index is 0.0724. The zero-order valence-electron chi connectivity index (χ0n) is 17.6. The van der Waals surface area contributed by atoms with Crippen LogP contribution in [0, 0.1) is 22.7 Å². The molecule has 0 amide bonds. The Labute approximate surface area is 205 Å². The van der Waals surface area contributed by atoms with Gasteiger partial charge in [0.15, 0.2) is 5.76 Å². The number of hydrogen-bond donors (Lipinski definition) is 2. The van der Waals surface area contributed by atoms with Crippen LogP contribution in [0.2, 0.25) is 10.0 Å². The maximum Gasteiger partial charge on any atom is 0.205 e. The monoisotopic (exact) mass is 482 g/mol. The lowest BCUT2D eigenvalue weighted by atomic mass is 9.82. The fourth-order valence-electron chi connectivity index (χ4n) is 4.30. The largest absolute Gasteiger partial charge is 0.439 e. The first-order valence-electron chi connectivity index (χ1n) is 10.4. The van der Waals surface area contributed by atoms with Gasteiger partial charge in [0.1, 0.15) is 11.6 Å². The minimum Gasteiger partial charge on any atom is -0.439 e. The lowest BCUT2D eigenvalue weighted by molar-refractivity contribution is 0.358. The molecule has 1 aromatic heterocycles. The molecule has 0 aliphatic carbocycles. The summed E-state index contributed by atoms with van der Waals surface area (Å²) < 4.78 is 6.03. The predicted molar refractivity (Wildman–Crippen MR) is 133 cm³/mol. The first kappa shape index (κ1) is 21.7. The van der Waals surface area contributed by atoms with Gasteiger partial charge in [-0.15, -0.1) is 0 Å². The standard InChI is InChI=1S/C27H16Cl2N4O/c28-16-10-11-17(21(29)12-16)23-19(13-30)26(34-27(32)20(23)14-31)24-18-8-4-5-9-22(18)33-25(24)15-6-2-1-3-7-15/h1-12,23,33H,32H2. The van der Waals surface area contributed by atoms with E-state index < -0.39 is 5.92 Å². The Morgan fingerprint density at radius 3 is 2.29 bits per heavy atom. The predicted octanol–water partition coefficient (Wildman–Crippen LogP) is 6.88. The van der Waals surface area contributed by atoms with E-state index in [-0.39, 0.29) is 22.8 Å². The van der Waals surface area contributed by atoms with Crippen LogP contribution in [0.5, 0.6) is 0 Å². The molecule has 1 unspecified atom stereocenters. The second-order valence-electron chi connectivity index (χ2n) is 7.73. The van der Waals surface area contributed by atoms with Gasteiger partial charge in [0, 0.05) is 20.9 Å². The highest BCUT2D eigenvalue weighted by atomic mass is 35.5. The molecular formula is C27H16Cl2N4O. The summed E-state index contributed by atoms with van der Waals surface area (Å²) in [6.07, 6.45) is 0. The maximum absolute atomic E-state index is 10.3. The minimum atomic E-state index is -0.805. The van der Waals surface area contributed by atoms with Gasteiger partial charge in [-0.1, -0.05) is 77.8 Å². The topological polar surface area (TPSA) is 98.6 Å². The fourth-order valence-corrected chi connectivity index (χ4v) is 4.82. The molecule has 3 aromatic carbocycles. The number of ether oxygens (including phenoxy) is 1. The summed E-state index contributed by atoms with van der Waals surface area (Å²) in [6.45, 7) is 0. The average molecular weight is 483 g/mol. The molecule has 2 heterocycles. The smallest absolute Gasteiger partial charge is 0.205 e. The Morgan fingerprint density at radius 1 is 0.882 bits per heavy atom. The summed E-state index contributed by atoms with van der Waals surface area (Å²) in [7, 11) is 0. The Morgan fingerprint density at radius 2 is 1.59 bits per heavy atom. The van der Waals surface area contributed by atoms with Gasteiger partial charge >= 0.3 is 0 Å². The van der Waals surface area contributed by atoms with Crippen LogP contribution in [0.15, 0.2) is 89.8 Å². The number of para-hydroxylation sites is 1. The van der Waals surface area contributed by atoms with Crippen molar-refractivity contribution in [1.82, 2.24) is 4.98 Å². The molecule has 164 valence electrons. The van der Waals surface area contributed by atoms with Gasteiger partial charge in [0.05, 0.1) is 28.8 Å². The normalized spacial score (nSPS) is 15.7. The molecule has 0 radical (unpaired) electrons. The first-order chi connectivity index (χ1) is 16.5. The molecule has 1 aliphatic rings. The zero-order valence-corrected chi connectivity index (χ0v) is 19.2. The summed E-state index contributed by atoms with van der Waals surface area (Å²) in [5.41, 5.74) is 10.4. The second kappa shape index (κ2) is 8.65. The van der Waals surface area contributed by atoms with Gasteiger partial charge in [-0.25, -0.2) is 0 Å². The molecule has 5 nitrogen and oxygen atoms in total. The molecule has 34 heavy (non-hydrogen) atoms. The van der Waals surface area contributed by atoms with E-state index in [0.29, 0.717) is 21.2 Å². The van der Waals surface area contributed by atoms with Crippen LogP contribution in [-0.2, 0) is 4.74 Å². The van der Waals surface area contributed by atoms with E-state index >= 15 is 0 Å². The van der Waals surface area contributed by atoms with Gasteiger partial charge < -0.3 is 15.5 Å². The van der Waals surface area contributed by atoms with E-state index in [4.69, 9.17) is 33.7 Å². The molecular weight excluding hydrogens is 467 g/mol. The third kappa shape index (κ3) is 3.49. The lowest BCUT2D eigenvalue weighted by Crippen LogP contribution is -2.20. The number of H-pyrrole nitrogens is 1. The van der Waals surface area contributed by atoms with Crippen molar-refractivity contribution in [3.63, 3.8) is 0 Å². The van der Waals surface area contributed by atoms with Crippen LogP contribution < -0.4 is 5.73 Å². The Balaban J connectivity index is 1.85. The van der Waals surface area contributed by atoms with E-state index in [1.54, 1.807) is 18.2 Å². The highest BCUT2D eigenvalue weighted by Gasteiger charge is 2.36. The van der Waals surface area contributed by atoms with Crippen LogP contribution in [-0.4, -0.2) is 4.98 Å². The van der Waals surface area contributed by atoms with Crippen molar-refractivity contribution in [3.05, 3.63) is 111 Å². The number of halogens is 2. The van der Waals surface area contributed by atoms with Crippen molar-refractivity contribution in [2.75, 3.05) is 0 Å². The van der Waals surface area contributed by atoms with Gasteiger partial charge in [-0.3, -0.25) is 0 Å². The number of aromatic amines is 1. The van der Waals surface area contributed by atoms with Crippen LogP contribution in [0.3, 0.4) is 0 Å². The number of nitrogens with zero attached hydrogens (tertiary/aromatic N) is 2. The van der Waals surface area contributed by atoms with Crippen LogP contribution in [0.25, 0.3) is 27.9 Å². The van der Waals surface area contributed by atoms with E-state index in [2.05, 4.69) is 17.1 Å². The molecule has 0 bridgehead atoms. The Bertz CT molecular complexity index is 1590. The number of nitrogens with two attached hydrogens (primary N) is 1. The molecule has 0 saturated carbocycles. The number of nitrogens with one attached hydrogen (secondary N) is 1. The molecule has 4 aromatic rings. The summed E-state index contributed by atoms with van der Waals surface area (Å²) >= 11 is 12.6. The Hall–Kier alpha value is -4.16. The van der Waals surface area contributed by atoms with Crippen molar-refractivity contribution >= 4 is 39.9 Å². The summed E-state index contributed by atoms with van der Waals surface area (Å²) in [4.78, 5) is 3.45. The average Bonchev–Trinajstić information content (AvgIpc) is 3.23. The first-order valence-corrected chi connectivity index (χ1v) is 11.1. The van der Waals surface area contributed by atoms with Crippen molar-refractivity contribution < 1.29 is 4.74 Å². The summed E-state index contributed by atoms with van der Waals surface area (Å²) in [6, 6.07) is 26.8. The number of hydrogen-bond acceptors (Lipinski definition) is 4. The lowest BCUT2D eigenvalue weighted by Gasteiger charge is -2.27. The van der Waals surface area contributed by atoms with Crippen LogP contribution in [0.1, 0.15) is 17.0 Å². The molecule has 0 fully saturated rings. The van der Waals surface area contributed by atoms with Gasteiger partial charge in [-0.2, -0.15) is 10.5 Å². The third-order valence-electron chi connectivity index (χ3n) is 5.81. The SMILES string of the molecule is N#CC1=C(N)OC(c2c(-c3ccccc3)[nH]c3ccccc23)=C(C#N)C1c1ccc(Cl)cc1Cl. The maximum atomic E-state index is 10.3. The van der Waals surface area contributed by atoms with Gasteiger partial charge in [-0.05, 0) is 29.3 Å². The Kier molecular flexibility index (Phi) is 5.51. The zero-order chi connectivity index (χ0) is 23.8. The van der Waals surface area contributed by atoms with Crippen molar-refractivity contribution in [1.29, 1.82) is 10.5 Å². The highest BCUT2D eigenvalue weighted by Crippen LogP contribution is 2.47. The van der Waals surface area contributed by atoms with Crippen molar-refractivity contribution in [2.24, 2.45) is 5.73 Å². The van der Waals surface area contributed by atoms with Crippen molar-refractivity contribution in [3.8, 4) is 23.4 Å². The third-order valence-corrected chi connectivity index (χ3v) is 6.37. The number of fused-ring (bicyclic) bond motifs is 1. The van der Waals surface area contributed by atoms with E-state index in [0.717, 1.165) is 22.2 Å². The van der Waals surface area contributed by atoms with Crippen LogP contribution in [0.4, 0.5) is 0 Å². The number of rotatable bonds is 3. The molecule has 0 saturated heterocycles. The summed E-state index contributed by atoms with van der Waals surface area (Å²) in [5.74, 6) is -0.594. The quantitative estimate of drug-likeness (QED) is 0.332. The van der Waals surface area contributed by atoms with Gasteiger partial charge in [0.25, 0.3) is 0 Å². The number of benzene rings is 3. The number of aromatic nitrogens is 1. The second-order valence-corrected chi connectivity index (χ2v) is 8.58. The molecule has 5 rings (SSSR count). The van der Waals surface area contributed by atoms with E-state index in [9.17, 15) is 10.5 Å².